The van der Waals surface area contributed by atoms with Crippen molar-refractivity contribution < 1.29 is 14.2 Å². The molecule has 2 aliphatic heterocycles. The highest BCUT2D eigenvalue weighted by Gasteiger charge is 2.24. The first-order valence-corrected chi connectivity index (χ1v) is 8.58. The Morgan fingerprint density at radius 1 is 1.17 bits per heavy atom. The largest absolute Gasteiger partial charge is 0.467 e. The molecule has 5 heteroatoms. The van der Waals surface area contributed by atoms with Gasteiger partial charge >= 0.3 is 0 Å². The van der Waals surface area contributed by atoms with Gasteiger partial charge in [-0.1, -0.05) is 41.9 Å². The van der Waals surface area contributed by atoms with Gasteiger partial charge in [-0.15, -0.1) is 0 Å². The molecule has 2 aromatic carbocycles. The van der Waals surface area contributed by atoms with Crippen molar-refractivity contribution in [2.75, 3.05) is 26.5 Å². The molecule has 1 fully saturated rings. The van der Waals surface area contributed by atoms with Crippen molar-refractivity contribution >= 4 is 11.6 Å². The molecule has 126 valence electrons. The smallest absolute Gasteiger partial charge is 0.189 e. The number of nitrogens with zero attached hydrogens (tertiary/aromatic N) is 1. The third-order valence-corrected chi connectivity index (χ3v) is 4.69. The standard InChI is InChI=1S/C19H20ClNO3/c20-17-8-15(19-16(9-17)12-22-13-24-19)10-21-6-7-23-18(11-21)14-4-2-1-3-5-14/h1-5,8-9,18H,6-7,10-13H2/t18-/m0/s1. The zero-order chi connectivity index (χ0) is 16.4. The lowest BCUT2D eigenvalue weighted by molar-refractivity contribution is -0.0354. The van der Waals surface area contributed by atoms with Gasteiger partial charge in [-0.25, -0.2) is 0 Å². The predicted molar refractivity (Wildman–Crippen MR) is 92.1 cm³/mol. The summed E-state index contributed by atoms with van der Waals surface area (Å²) in [5, 5.41) is 0.728. The monoisotopic (exact) mass is 345 g/mol. The van der Waals surface area contributed by atoms with Gasteiger partial charge in [0.05, 0.1) is 19.3 Å². The van der Waals surface area contributed by atoms with Gasteiger partial charge in [0.15, 0.2) is 6.79 Å². The second-order valence-corrected chi connectivity index (χ2v) is 6.61. The van der Waals surface area contributed by atoms with E-state index in [4.69, 9.17) is 25.8 Å². The summed E-state index contributed by atoms with van der Waals surface area (Å²) in [7, 11) is 0. The van der Waals surface area contributed by atoms with Gasteiger partial charge in [0.1, 0.15) is 5.75 Å². The highest BCUT2D eigenvalue weighted by molar-refractivity contribution is 6.30. The number of morpholine rings is 1. The lowest BCUT2D eigenvalue weighted by Gasteiger charge is -2.34. The van der Waals surface area contributed by atoms with E-state index in [0.717, 1.165) is 48.1 Å². The number of hydrogen-bond donors (Lipinski definition) is 0. The fourth-order valence-electron chi connectivity index (χ4n) is 3.33. The summed E-state index contributed by atoms with van der Waals surface area (Å²) in [6.45, 7) is 4.15. The molecule has 2 aliphatic rings. The topological polar surface area (TPSA) is 30.9 Å². The maximum atomic E-state index is 6.27. The fourth-order valence-corrected chi connectivity index (χ4v) is 3.59. The van der Waals surface area contributed by atoms with Crippen LogP contribution in [0.15, 0.2) is 42.5 Å². The Balaban J connectivity index is 1.52. The maximum Gasteiger partial charge on any atom is 0.189 e. The quantitative estimate of drug-likeness (QED) is 0.847. The van der Waals surface area contributed by atoms with Crippen LogP contribution in [0, 0.1) is 0 Å². The minimum Gasteiger partial charge on any atom is -0.467 e. The molecule has 4 nitrogen and oxygen atoms in total. The van der Waals surface area contributed by atoms with E-state index in [1.165, 1.54) is 5.56 Å². The average molecular weight is 346 g/mol. The summed E-state index contributed by atoms with van der Waals surface area (Å²) in [6.07, 6.45) is 0.110. The Labute approximate surface area is 146 Å². The number of benzene rings is 2. The van der Waals surface area contributed by atoms with Crippen LogP contribution >= 0.6 is 11.6 Å². The Morgan fingerprint density at radius 3 is 2.92 bits per heavy atom. The summed E-state index contributed by atoms with van der Waals surface area (Å²) in [5.74, 6) is 0.924. The lowest BCUT2D eigenvalue weighted by atomic mass is 10.1. The summed E-state index contributed by atoms with van der Waals surface area (Å²) in [6, 6.07) is 14.3. The molecule has 0 spiro atoms. The van der Waals surface area contributed by atoms with E-state index in [0.29, 0.717) is 13.4 Å². The molecule has 1 atom stereocenters. The van der Waals surface area contributed by atoms with Crippen molar-refractivity contribution in [3.05, 3.63) is 64.2 Å². The number of rotatable bonds is 3. The van der Waals surface area contributed by atoms with Gasteiger partial charge in [-0.05, 0) is 17.7 Å². The normalized spacial score (nSPS) is 21.1. The molecular weight excluding hydrogens is 326 g/mol. The predicted octanol–water partition coefficient (Wildman–Crippen LogP) is 3.78. The molecule has 0 aliphatic carbocycles. The van der Waals surface area contributed by atoms with Crippen molar-refractivity contribution in [1.82, 2.24) is 4.90 Å². The second kappa shape index (κ2) is 7.11. The molecule has 2 aromatic rings. The third kappa shape index (κ3) is 3.42. The molecular formula is C19H20ClNO3. The van der Waals surface area contributed by atoms with Crippen molar-refractivity contribution in [3.63, 3.8) is 0 Å². The van der Waals surface area contributed by atoms with Crippen LogP contribution in [0.25, 0.3) is 0 Å². The van der Waals surface area contributed by atoms with Crippen LogP contribution in [0.4, 0.5) is 0 Å². The molecule has 4 rings (SSSR count). The van der Waals surface area contributed by atoms with Crippen LogP contribution in [-0.2, 0) is 22.6 Å². The van der Waals surface area contributed by atoms with Crippen LogP contribution < -0.4 is 4.74 Å². The van der Waals surface area contributed by atoms with E-state index in [-0.39, 0.29) is 6.10 Å². The van der Waals surface area contributed by atoms with E-state index < -0.39 is 0 Å². The van der Waals surface area contributed by atoms with E-state index >= 15 is 0 Å². The average Bonchev–Trinajstić information content (AvgIpc) is 2.62. The fraction of sp³-hybridized carbons (Fsp3) is 0.368. The summed E-state index contributed by atoms with van der Waals surface area (Å²) in [5.41, 5.74) is 3.37. The first-order chi connectivity index (χ1) is 11.8. The molecule has 0 amide bonds. The number of halogens is 1. The third-order valence-electron chi connectivity index (χ3n) is 4.47. The minimum atomic E-state index is 0.110. The zero-order valence-electron chi connectivity index (χ0n) is 13.4. The molecule has 1 saturated heterocycles. The second-order valence-electron chi connectivity index (χ2n) is 6.17. The molecule has 0 radical (unpaired) electrons. The van der Waals surface area contributed by atoms with Crippen LogP contribution in [-0.4, -0.2) is 31.4 Å². The Kier molecular flexibility index (Phi) is 4.72. The van der Waals surface area contributed by atoms with Crippen molar-refractivity contribution in [1.29, 1.82) is 0 Å². The molecule has 24 heavy (non-hydrogen) atoms. The number of fused-ring (bicyclic) bond motifs is 1. The maximum absolute atomic E-state index is 6.27. The number of hydrogen-bond acceptors (Lipinski definition) is 4. The van der Waals surface area contributed by atoms with Crippen LogP contribution in [0.5, 0.6) is 5.75 Å². The zero-order valence-corrected chi connectivity index (χ0v) is 14.2. The first kappa shape index (κ1) is 15.9. The summed E-state index contributed by atoms with van der Waals surface area (Å²) in [4.78, 5) is 2.39. The molecule has 0 bridgehead atoms. The van der Waals surface area contributed by atoms with Crippen LogP contribution in [0.1, 0.15) is 22.8 Å². The van der Waals surface area contributed by atoms with E-state index in [2.05, 4.69) is 29.2 Å². The van der Waals surface area contributed by atoms with Gasteiger partial charge in [-0.2, -0.15) is 0 Å². The molecule has 2 heterocycles. The number of ether oxygens (including phenoxy) is 3. The van der Waals surface area contributed by atoms with Gasteiger partial charge in [0.25, 0.3) is 0 Å². The first-order valence-electron chi connectivity index (χ1n) is 8.20. The van der Waals surface area contributed by atoms with Crippen molar-refractivity contribution in [3.8, 4) is 5.75 Å². The Bertz CT molecular complexity index is 707. The Hall–Kier alpha value is -1.59. The van der Waals surface area contributed by atoms with Crippen LogP contribution in [0.3, 0.4) is 0 Å². The van der Waals surface area contributed by atoms with Crippen LogP contribution in [0.2, 0.25) is 5.02 Å². The van der Waals surface area contributed by atoms with Crippen molar-refractivity contribution in [2.45, 2.75) is 19.3 Å². The molecule has 0 aromatic heterocycles. The minimum absolute atomic E-state index is 0.110. The van der Waals surface area contributed by atoms with Gasteiger partial charge in [-0.3, -0.25) is 4.90 Å². The SMILES string of the molecule is Clc1cc2c(c(CN3CCO[C@H](c4ccccc4)C3)c1)OCOC2. The van der Waals surface area contributed by atoms with Gasteiger partial charge in [0.2, 0.25) is 0 Å². The van der Waals surface area contributed by atoms with Crippen molar-refractivity contribution in [2.24, 2.45) is 0 Å². The highest BCUT2D eigenvalue weighted by Crippen LogP contribution is 2.33. The van der Waals surface area contributed by atoms with E-state index in [1.54, 1.807) is 0 Å². The molecule has 0 saturated carbocycles. The van der Waals surface area contributed by atoms with E-state index in [1.807, 2.05) is 18.2 Å². The highest BCUT2D eigenvalue weighted by atomic mass is 35.5. The van der Waals surface area contributed by atoms with Gasteiger partial charge in [0, 0.05) is 35.8 Å². The molecule has 0 unspecified atom stereocenters. The lowest BCUT2D eigenvalue weighted by Crippen LogP contribution is -2.38. The van der Waals surface area contributed by atoms with Gasteiger partial charge < -0.3 is 14.2 Å². The summed E-state index contributed by atoms with van der Waals surface area (Å²) < 4.78 is 17.0. The Morgan fingerprint density at radius 2 is 2.04 bits per heavy atom. The molecule has 0 N–H and O–H groups in total. The summed E-state index contributed by atoms with van der Waals surface area (Å²) >= 11 is 6.27. The van der Waals surface area contributed by atoms with E-state index in [9.17, 15) is 0 Å².